The monoisotopic (exact) mass is 325 g/mol. The lowest BCUT2D eigenvalue weighted by Gasteiger charge is -2.33. The fraction of sp³-hybridized carbons (Fsp3) is 0.444. The molecule has 2 aromatic heterocycles. The van der Waals surface area contributed by atoms with Crippen molar-refractivity contribution in [2.45, 2.75) is 26.6 Å². The summed E-state index contributed by atoms with van der Waals surface area (Å²) in [7, 11) is 0. The van der Waals surface area contributed by atoms with Crippen molar-refractivity contribution in [3.8, 4) is 0 Å². The van der Waals surface area contributed by atoms with E-state index in [-0.39, 0.29) is 0 Å². The van der Waals surface area contributed by atoms with Gasteiger partial charge in [-0.2, -0.15) is 0 Å². The van der Waals surface area contributed by atoms with E-state index in [2.05, 4.69) is 37.5 Å². The van der Waals surface area contributed by atoms with Crippen LogP contribution in [-0.4, -0.2) is 50.5 Å². The Kier molecular flexibility index (Phi) is 4.32. The number of para-hydroxylation sites is 2. The first-order chi connectivity index (χ1) is 11.8. The lowest BCUT2D eigenvalue weighted by molar-refractivity contribution is 0.112. The number of benzene rings is 1. The van der Waals surface area contributed by atoms with E-state index in [0.29, 0.717) is 0 Å². The molecule has 0 atom stereocenters. The first-order valence-electron chi connectivity index (χ1n) is 8.61. The van der Waals surface area contributed by atoms with Gasteiger partial charge in [-0.15, -0.1) is 0 Å². The zero-order valence-electron chi connectivity index (χ0n) is 14.1. The molecule has 1 saturated heterocycles. The maximum atomic E-state index is 5.83. The molecule has 0 spiro atoms. The summed E-state index contributed by atoms with van der Waals surface area (Å²) in [4.78, 5) is 13.9. The number of piperazine rings is 1. The van der Waals surface area contributed by atoms with Gasteiger partial charge in [-0.3, -0.25) is 9.80 Å². The second kappa shape index (κ2) is 6.75. The van der Waals surface area contributed by atoms with Gasteiger partial charge in [0.1, 0.15) is 11.3 Å². The van der Waals surface area contributed by atoms with Gasteiger partial charge in [0.2, 0.25) is 5.89 Å². The van der Waals surface area contributed by atoms with E-state index in [9.17, 15) is 0 Å². The third-order valence-corrected chi connectivity index (χ3v) is 4.67. The van der Waals surface area contributed by atoms with E-state index in [1.165, 1.54) is 0 Å². The zero-order valence-corrected chi connectivity index (χ0v) is 14.1. The van der Waals surface area contributed by atoms with Crippen LogP contribution in [0, 0.1) is 0 Å². The van der Waals surface area contributed by atoms with Crippen LogP contribution in [-0.2, 0) is 19.6 Å². The molecular weight excluding hydrogens is 302 g/mol. The smallest absolute Gasteiger partial charge is 0.209 e. The van der Waals surface area contributed by atoms with Gasteiger partial charge in [0.15, 0.2) is 5.58 Å². The van der Waals surface area contributed by atoms with Gasteiger partial charge in [0.05, 0.1) is 13.1 Å². The van der Waals surface area contributed by atoms with Crippen LogP contribution in [0.2, 0.25) is 0 Å². The van der Waals surface area contributed by atoms with Gasteiger partial charge >= 0.3 is 0 Å². The van der Waals surface area contributed by atoms with Crippen molar-refractivity contribution in [2.24, 2.45) is 0 Å². The summed E-state index contributed by atoms with van der Waals surface area (Å²) in [5, 5.41) is 0. The van der Waals surface area contributed by atoms with E-state index in [1.54, 1.807) is 0 Å². The van der Waals surface area contributed by atoms with Crippen molar-refractivity contribution in [3.63, 3.8) is 0 Å². The summed E-state index contributed by atoms with van der Waals surface area (Å²) < 4.78 is 8.05. The summed E-state index contributed by atoms with van der Waals surface area (Å²) >= 11 is 0. The second-order valence-electron chi connectivity index (χ2n) is 6.26. The van der Waals surface area contributed by atoms with Crippen molar-refractivity contribution < 1.29 is 4.42 Å². The lowest BCUT2D eigenvalue weighted by Crippen LogP contribution is -2.45. The Labute approximate surface area is 141 Å². The standard InChI is InChI=1S/C18H23N5O/c1-2-23-8-7-19-17(23)13-21-9-11-22(12-10-21)14-18-20-15-5-3-4-6-16(15)24-18/h3-8H,2,9-14H2,1H3. The summed E-state index contributed by atoms with van der Waals surface area (Å²) in [5.74, 6) is 1.97. The van der Waals surface area contributed by atoms with Crippen molar-refractivity contribution >= 4 is 11.1 Å². The molecule has 1 aliphatic rings. The molecule has 24 heavy (non-hydrogen) atoms. The molecule has 0 saturated carbocycles. The molecule has 0 radical (unpaired) electrons. The highest BCUT2D eigenvalue weighted by Gasteiger charge is 2.20. The molecule has 0 unspecified atom stereocenters. The van der Waals surface area contributed by atoms with Crippen LogP contribution >= 0.6 is 0 Å². The van der Waals surface area contributed by atoms with Gasteiger partial charge in [-0.05, 0) is 19.1 Å². The zero-order chi connectivity index (χ0) is 16.4. The molecule has 3 heterocycles. The third kappa shape index (κ3) is 3.20. The van der Waals surface area contributed by atoms with Crippen LogP contribution in [0.25, 0.3) is 11.1 Å². The predicted molar refractivity (Wildman–Crippen MR) is 92.5 cm³/mol. The highest BCUT2D eigenvalue weighted by atomic mass is 16.3. The largest absolute Gasteiger partial charge is 0.439 e. The van der Waals surface area contributed by atoms with Crippen molar-refractivity contribution in [1.82, 2.24) is 24.3 Å². The average molecular weight is 325 g/mol. The maximum Gasteiger partial charge on any atom is 0.209 e. The molecule has 0 aliphatic carbocycles. The Morgan fingerprint density at radius 3 is 2.54 bits per heavy atom. The Balaban J connectivity index is 1.32. The van der Waals surface area contributed by atoms with E-state index in [1.807, 2.05) is 30.5 Å². The Morgan fingerprint density at radius 2 is 1.79 bits per heavy atom. The summed E-state index contributed by atoms with van der Waals surface area (Å²) in [6, 6.07) is 7.94. The minimum Gasteiger partial charge on any atom is -0.439 e. The Morgan fingerprint density at radius 1 is 1.04 bits per heavy atom. The number of hydrogen-bond donors (Lipinski definition) is 0. The molecule has 1 fully saturated rings. The quantitative estimate of drug-likeness (QED) is 0.721. The molecule has 0 amide bonds. The first kappa shape index (κ1) is 15.4. The molecule has 6 heteroatoms. The number of aromatic nitrogens is 3. The number of oxazole rings is 1. The molecule has 1 aromatic carbocycles. The molecule has 3 aromatic rings. The normalized spacial score (nSPS) is 16.9. The van der Waals surface area contributed by atoms with Crippen LogP contribution in [0.15, 0.2) is 41.1 Å². The lowest BCUT2D eigenvalue weighted by atomic mass is 10.3. The maximum absolute atomic E-state index is 5.83. The first-order valence-corrected chi connectivity index (χ1v) is 8.61. The number of aryl methyl sites for hydroxylation is 1. The number of fused-ring (bicyclic) bond motifs is 1. The molecule has 126 valence electrons. The average Bonchev–Trinajstić information content (AvgIpc) is 3.22. The second-order valence-corrected chi connectivity index (χ2v) is 6.26. The number of hydrogen-bond acceptors (Lipinski definition) is 5. The van der Waals surface area contributed by atoms with Crippen LogP contribution in [0.4, 0.5) is 0 Å². The summed E-state index contributed by atoms with van der Waals surface area (Å²) in [6.45, 7) is 9.02. The number of rotatable bonds is 5. The highest BCUT2D eigenvalue weighted by Crippen LogP contribution is 2.17. The van der Waals surface area contributed by atoms with Gasteiger partial charge < -0.3 is 8.98 Å². The van der Waals surface area contributed by atoms with E-state index < -0.39 is 0 Å². The van der Waals surface area contributed by atoms with Gasteiger partial charge in [-0.25, -0.2) is 9.97 Å². The minimum absolute atomic E-state index is 0.784. The molecule has 0 N–H and O–H groups in total. The van der Waals surface area contributed by atoms with E-state index in [4.69, 9.17) is 4.42 Å². The van der Waals surface area contributed by atoms with Gasteiger partial charge in [-0.1, -0.05) is 12.1 Å². The third-order valence-electron chi connectivity index (χ3n) is 4.67. The van der Waals surface area contributed by atoms with Gasteiger partial charge in [0, 0.05) is 45.1 Å². The minimum atomic E-state index is 0.784. The van der Waals surface area contributed by atoms with Crippen LogP contribution in [0.5, 0.6) is 0 Å². The molecule has 4 rings (SSSR count). The van der Waals surface area contributed by atoms with Crippen molar-refractivity contribution in [1.29, 1.82) is 0 Å². The highest BCUT2D eigenvalue weighted by molar-refractivity contribution is 5.72. The molecule has 1 aliphatic heterocycles. The van der Waals surface area contributed by atoms with Crippen LogP contribution in [0.1, 0.15) is 18.6 Å². The summed E-state index contributed by atoms with van der Waals surface area (Å²) in [6.07, 6.45) is 3.95. The van der Waals surface area contributed by atoms with Crippen LogP contribution in [0.3, 0.4) is 0 Å². The predicted octanol–water partition coefficient (Wildman–Crippen LogP) is 2.36. The number of nitrogens with zero attached hydrogens (tertiary/aromatic N) is 5. The van der Waals surface area contributed by atoms with E-state index in [0.717, 1.165) is 68.6 Å². The van der Waals surface area contributed by atoms with Gasteiger partial charge in [0.25, 0.3) is 0 Å². The Bertz CT molecular complexity index is 767. The van der Waals surface area contributed by atoms with Crippen molar-refractivity contribution in [2.75, 3.05) is 26.2 Å². The van der Waals surface area contributed by atoms with Crippen LogP contribution < -0.4 is 0 Å². The summed E-state index contributed by atoms with van der Waals surface area (Å²) in [5.41, 5.74) is 1.81. The fourth-order valence-corrected chi connectivity index (χ4v) is 3.26. The Hall–Kier alpha value is -2.18. The molecular formula is C18H23N5O. The molecule has 6 nitrogen and oxygen atoms in total. The molecule has 0 bridgehead atoms. The number of imidazole rings is 1. The van der Waals surface area contributed by atoms with Crippen molar-refractivity contribution in [3.05, 3.63) is 48.4 Å². The fourth-order valence-electron chi connectivity index (χ4n) is 3.26. The SMILES string of the molecule is CCn1ccnc1CN1CCN(Cc2nc3ccccc3o2)CC1. The topological polar surface area (TPSA) is 50.3 Å². The van der Waals surface area contributed by atoms with E-state index >= 15 is 0 Å².